The molecule has 14 rings (SSSR count). The first-order chi connectivity index (χ1) is 35.8. The van der Waals surface area contributed by atoms with Crippen LogP contribution in [-0.2, 0) is 27.1 Å². The van der Waals surface area contributed by atoms with Crippen LogP contribution >= 0.6 is 22.7 Å². The first-order valence-corrected chi connectivity index (χ1v) is 29.2. The number of nitrogens with zero attached hydrogens (tertiary/aromatic N) is 1. The Morgan fingerprint density at radius 3 is 1.76 bits per heavy atom. The van der Waals surface area contributed by atoms with Gasteiger partial charge in [0.1, 0.15) is 0 Å². The van der Waals surface area contributed by atoms with Gasteiger partial charge in [0, 0.05) is 79.6 Å². The summed E-state index contributed by atoms with van der Waals surface area (Å²) in [7, 11) is 0.833. The molecular weight excluding hydrogens is 944 g/mol. The van der Waals surface area contributed by atoms with E-state index in [4.69, 9.17) is 0 Å². The fraction of sp³-hybridized carbons (Fsp3) is 0.286. The maximum atomic E-state index is 4.16. The quantitative estimate of drug-likeness (QED) is 0.170. The lowest BCUT2D eigenvalue weighted by atomic mass is 9.58. The van der Waals surface area contributed by atoms with Crippen molar-refractivity contribution in [1.29, 1.82) is 0 Å². The molecule has 0 unspecified atom stereocenters. The van der Waals surface area contributed by atoms with E-state index in [0.717, 1.165) is 25.8 Å². The van der Waals surface area contributed by atoms with E-state index >= 15 is 0 Å². The van der Waals surface area contributed by atoms with Crippen LogP contribution in [0.25, 0.3) is 90.4 Å². The van der Waals surface area contributed by atoms with Gasteiger partial charge in [-0.25, -0.2) is 0 Å². The maximum absolute atomic E-state index is 4.16. The summed E-state index contributed by atoms with van der Waals surface area (Å²) in [5.41, 5.74) is 23.2. The predicted molar refractivity (Wildman–Crippen MR) is 331 cm³/mol. The van der Waals surface area contributed by atoms with Crippen molar-refractivity contribution in [1.82, 2.24) is 4.57 Å². The van der Waals surface area contributed by atoms with E-state index < -0.39 is 0 Å². The van der Waals surface area contributed by atoms with Gasteiger partial charge in [0.15, 0.2) is 7.28 Å². The Bertz CT molecular complexity index is 4190. The molecule has 0 atom stereocenters. The van der Waals surface area contributed by atoms with Gasteiger partial charge in [-0.05, 0) is 157 Å². The van der Waals surface area contributed by atoms with Gasteiger partial charge in [0.2, 0.25) is 0 Å². The first-order valence-electron chi connectivity index (χ1n) is 27.5. The summed E-state index contributed by atoms with van der Waals surface area (Å²) in [6, 6.07) is 56.5. The highest BCUT2D eigenvalue weighted by molar-refractivity contribution is 7.26. The molecule has 75 heavy (non-hydrogen) atoms. The lowest BCUT2D eigenvalue weighted by molar-refractivity contribution is 0.332. The number of aromatic nitrogens is 1. The number of nitrogens with one attached hydrogen (secondary N) is 1. The molecule has 372 valence electrons. The average molecular weight is 1010 g/mol. The number of rotatable bonds is 5. The molecule has 1 N–H and O–H groups in total. The molecular formula is C70H67BN2S2. The van der Waals surface area contributed by atoms with Gasteiger partial charge in [-0.3, -0.25) is 0 Å². The number of anilines is 2. The van der Waals surface area contributed by atoms with Crippen LogP contribution in [0.4, 0.5) is 11.4 Å². The van der Waals surface area contributed by atoms with Gasteiger partial charge >= 0.3 is 0 Å². The molecule has 3 aliphatic rings. The molecule has 2 aliphatic carbocycles. The average Bonchev–Trinajstić information content (AvgIpc) is 4.11. The number of hydrogen-bond donors (Lipinski definition) is 1. The topological polar surface area (TPSA) is 17.0 Å². The number of hydrogen-bond acceptors (Lipinski definition) is 3. The SMILES string of the molecule is CC(C)(C)c1ccc(Nc2cc3c(cc2-c2c4c5c(c6cc7c(cc6n5-c5cc6c(-c8ccccc8)c(-c8ccccc8)sc6cc5B4)C(C)(C)CCC7(C)C)c4c2sc2ccccc24)C(C)(C)CCC3(C)C)cc1. The van der Waals surface area contributed by atoms with Gasteiger partial charge < -0.3 is 9.88 Å². The highest BCUT2D eigenvalue weighted by atomic mass is 32.1. The smallest absolute Gasteiger partial charge is 0.198 e. The van der Waals surface area contributed by atoms with E-state index in [1.54, 1.807) is 0 Å². The molecule has 5 heteroatoms. The van der Waals surface area contributed by atoms with Crippen LogP contribution in [0.15, 0.2) is 146 Å². The number of fused-ring (bicyclic) bond motifs is 12. The van der Waals surface area contributed by atoms with Crippen molar-refractivity contribution in [2.75, 3.05) is 5.32 Å². The van der Waals surface area contributed by atoms with Crippen molar-refractivity contribution in [2.24, 2.45) is 0 Å². The van der Waals surface area contributed by atoms with Crippen LogP contribution in [0, 0.1) is 0 Å². The molecule has 0 spiro atoms. The highest BCUT2D eigenvalue weighted by Crippen LogP contribution is 2.55. The maximum Gasteiger partial charge on any atom is 0.198 e. The van der Waals surface area contributed by atoms with Crippen molar-refractivity contribution in [3.63, 3.8) is 0 Å². The molecule has 1 aliphatic heterocycles. The van der Waals surface area contributed by atoms with Crippen molar-refractivity contribution >= 4 is 104 Å². The minimum atomic E-state index is 0.0188. The predicted octanol–water partition coefficient (Wildman–Crippen LogP) is 18.8. The van der Waals surface area contributed by atoms with Crippen LogP contribution in [-0.4, -0.2) is 11.8 Å². The van der Waals surface area contributed by atoms with Crippen LogP contribution in [0.3, 0.4) is 0 Å². The Labute approximate surface area is 452 Å². The molecule has 0 bridgehead atoms. The zero-order chi connectivity index (χ0) is 51.7. The molecule has 0 amide bonds. The third-order valence-corrected chi connectivity index (χ3v) is 20.9. The molecule has 4 heterocycles. The van der Waals surface area contributed by atoms with E-state index in [0.29, 0.717) is 0 Å². The van der Waals surface area contributed by atoms with E-state index in [1.165, 1.54) is 148 Å². The summed E-state index contributed by atoms with van der Waals surface area (Å²) in [5.74, 6) is 0. The fourth-order valence-corrected chi connectivity index (χ4v) is 16.4. The highest BCUT2D eigenvalue weighted by Gasteiger charge is 2.41. The molecule has 0 radical (unpaired) electrons. The fourth-order valence-electron chi connectivity index (χ4n) is 13.8. The van der Waals surface area contributed by atoms with Crippen LogP contribution in [0.5, 0.6) is 0 Å². The number of thiophene rings is 2. The van der Waals surface area contributed by atoms with E-state index in [9.17, 15) is 0 Å². The summed E-state index contributed by atoms with van der Waals surface area (Å²) < 4.78 is 6.85. The van der Waals surface area contributed by atoms with E-state index in [-0.39, 0.29) is 27.1 Å². The largest absolute Gasteiger partial charge is 0.355 e. The van der Waals surface area contributed by atoms with Gasteiger partial charge in [-0.15, -0.1) is 22.7 Å². The second-order valence-corrected chi connectivity index (χ2v) is 28.4. The summed E-state index contributed by atoms with van der Waals surface area (Å²) in [6.45, 7) is 26.8. The minimum Gasteiger partial charge on any atom is -0.355 e. The number of benzene rings is 8. The summed E-state index contributed by atoms with van der Waals surface area (Å²) in [4.78, 5) is 1.33. The Balaban J connectivity index is 1.16. The standard InChI is InChI=1S/C70H67BN2S2/c1-66(2,3)42-26-28-43(29-27-42)72-53-37-50-48(67(4,5)30-32-69(50,8)9)34-45(53)61-62-63-59(60-44-24-18-19-25-56(44)74-65(60)61)46-35-49-51(70(10,11)33-31-68(49,6)7)38-54(46)73(63)55-36-47-57(39-52(55)71-62)75-64(41-22-16-13-17-23-41)58(47)40-20-14-12-15-21-40/h12-29,34-39,71-72H,30-33H2,1-11H3. The molecule has 0 saturated carbocycles. The van der Waals surface area contributed by atoms with Crippen molar-refractivity contribution < 1.29 is 0 Å². The van der Waals surface area contributed by atoms with Crippen molar-refractivity contribution in [3.05, 3.63) is 173 Å². The van der Waals surface area contributed by atoms with E-state index in [2.05, 4.69) is 232 Å². The van der Waals surface area contributed by atoms with Crippen molar-refractivity contribution in [2.45, 2.75) is 129 Å². The molecule has 8 aromatic carbocycles. The summed E-state index contributed by atoms with van der Waals surface area (Å²) in [6.07, 6.45) is 4.66. The van der Waals surface area contributed by atoms with Crippen LogP contribution in [0.2, 0.25) is 0 Å². The normalized spacial score (nSPS) is 17.1. The Morgan fingerprint density at radius 2 is 1.11 bits per heavy atom. The lowest BCUT2D eigenvalue weighted by Crippen LogP contribution is -2.37. The van der Waals surface area contributed by atoms with Crippen molar-refractivity contribution in [3.8, 4) is 38.4 Å². The zero-order valence-corrected chi connectivity index (χ0v) is 47.3. The molecule has 2 nitrogen and oxygen atoms in total. The monoisotopic (exact) mass is 1010 g/mol. The lowest BCUT2D eigenvalue weighted by Gasteiger charge is -2.42. The second-order valence-electron chi connectivity index (χ2n) is 26.3. The third-order valence-electron chi connectivity index (χ3n) is 18.5. The van der Waals surface area contributed by atoms with E-state index in [1.807, 2.05) is 22.7 Å². The minimum absolute atomic E-state index is 0.0188. The Morgan fingerprint density at radius 1 is 0.520 bits per heavy atom. The summed E-state index contributed by atoms with van der Waals surface area (Å²) in [5, 5.41) is 11.0. The van der Waals surface area contributed by atoms with Crippen LogP contribution < -0.4 is 16.2 Å². The van der Waals surface area contributed by atoms with Gasteiger partial charge in [-0.2, -0.15) is 0 Å². The van der Waals surface area contributed by atoms with Gasteiger partial charge in [0.05, 0.1) is 5.52 Å². The van der Waals surface area contributed by atoms with Crippen LogP contribution in [0.1, 0.15) is 130 Å². The Kier molecular flexibility index (Phi) is 10.1. The molecule has 3 aromatic heterocycles. The van der Waals surface area contributed by atoms with Gasteiger partial charge in [0.25, 0.3) is 0 Å². The van der Waals surface area contributed by atoms with Gasteiger partial charge in [-0.1, -0.05) is 173 Å². The molecule has 11 aromatic rings. The second kappa shape index (κ2) is 16.1. The molecule has 0 saturated heterocycles. The zero-order valence-electron chi connectivity index (χ0n) is 45.7. The third kappa shape index (κ3) is 7.09. The Hall–Kier alpha value is -6.40. The molecule has 0 fully saturated rings. The first kappa shape index (κ1) is 47.1. The summed E-state index contributed by atoms with van der Waals surface area (Å²) >= 11 is 3.96.